The van der Waals surface area contributed by atoms with E-state index in [1.165, 1.54) is 17.5 Å². The summed E-state index contributed by atoms with van der Waals surface area (Å²) in [6.07, 6.45) is 2.72. The minimum absolute atomic E-state index is 0.0605. The van der Waals surface area contributed by atoms with Crippen LogP contribution in [0.4, 0.5) is 5.69 Å². The maximum absolute atomic E-state index is 13.2. The quantitative estimate of drug-likeness (QED) is 0.659. The zero-order chi connectivity index (χ0) is 22.7. The van der Waals surface area contributed by atoms with Gasteiger partial charge in [-0.05, 0) is 49.2 Å². The molecule has 0 N–H and O–H groups in total. The fraction of sp³-hybridized carbons (Fsp3) is 0.435. The molecule has 2 heterocycles. The average Bonchev–Trinajstić information content (AvgIpc) is 2.84. The van der Waals surface area contributed by atoms with Crippen LogP contribution in [0.15, 0.2) is 47.4 Å². The van der Waals surface area contributed by atoms with Crippen molar-refractivity contribution in [2.24, 2.45) is 0 Å². The molecule has 9 heteroatoms. The molecule has 32 heavy (non-hydrogen) atoms. The number of carbonyl (C=O) groups is 1. The molecule has 7 nitrogen and oxygen atoms in total. The fourth-order valence-electron chi connectivity index (χ4n) is 4.28. The van der Waals surface area contributed by atoms with E-state index >= 15 is 0 Å². The lowest BCUT2D eigenvalue weighted by atomic mass is 10.1. The molecule has 2 aromatic carbocycles. The molecular formula is C23H28ClN3O4S. The molecule has 0 saturated carbocycles. The van der Waals surface area contributed by atoms with Gasteiger partial charge in [-0.15, -0.1) is 0 Å². The van der Waals surface area contributed by atoms with Crippen LogP contribution in [0.3, 0.4) is 0 Å². The number of carbonyl (C=O) groups excluding carboxylic acids is 1. The van der Waals surface area contributed by atoms with E-state index in [0.29, 0.717) is 49.9 Å². The van der Waals surface area contributed by atoms with Gasteiger partial charge in [-0.1, -0.05) is 24.1 Å². The summed E-state index contributed by atoms with van der Waals surface area (Å²) in [6.45, 7) is 3.45. The Morgan fingerprint density at radius 3 is 2.31 bits per heavy atom. The maximum atomic E-state index is 13.2. The summed E-state index contributed by atoms with van der Waals surface area (Å²) in [7, 11) is -2.28. The molecule has 2 aliphatic rings. The minimum atomic E-state index is -3.72. The van der Waals surface area contributed by atoms with Gasteiger partial charge in [0, 0.05) is 55.5 Å². The van der Waals surface area contributed by atoms with E-state index in [4.69, 9.17) is 16.3 Å². The van der Waals surface area contributed by atoms with Gasteiger partial charge >= 0.3 is 0 Å². The summed E-state index contributed by atoms with van der Waals surface area (Å²) in [4.78, 5) is 17.2. The number of sulfonamides is 1. The molecule has 0 aromatic heterocycles. The molecular weight excluding hydrogens is 450 g/mol. The number of methoxy groups -OCH3 is 1. The molecule has 4 rings (SSSR count). The summed E-state index contributed by atoms with van der Waals surface area (Å²) < 4.78 is 33.3. The third-order valence-electron chi connectivity index (χ3n) is 6.08. The number of benzene rings is 2. The van der Waals surface area contributed by atoms with Crippen LogP contribution >= 0.6 is 11.6 Å². The van der Waals surface area contributed by atoms with Gasteiger partial charge in [-0.3, -0.25) is 4.79 Å². The molecule has 0 atom stereocenters. The molecule has 0 bridgehead atoms. The molecule has 0 aliphatic carbocycles. The number of amides is 1. The number of nitrogens with zero attached hydrogens (tertiary/aromatic N) is 3. The lowest BCUT2D eigenvalue weighted by Crippen LogP contribution is -2.48. The van der Waals surface area contributed by atoms with Gasteiger partial charge in [0.2, 0.25) is 10.0 Å². The summed E-state index contributed by atoms with van der Waals surface area (Å²) in [5.41, 5.74) is 1.39. The summed E-state index contributed by atoms with van der Waals surface area (Å²) in [5, 5.41) is 0.682. The summed E-state index contributed by atoms with van der Waals surface area (Å²) in [5.74, 6) is 0.0893. The monoisotopic (exact) mass is 477 g/mol. The first-order valence-electron chi connectivity index (χ1n) is 10.9. The predicted molar refractivity (Wildman–Crippen MR) is 125 cm³/mol. The van der Waals surface area contributed by atoms with E-state index in [2.05, 4.69) is 4.90 Å². The Hall–Kier alpha value is -2.29. The van der Waals surface area contributed by atoms with Gasteiger partial charge in [0.15, 0.2) is 0 Å². The van der Waals surface area contributed by atoms with Crippen molar-refractivity contribution < 1.29 is 17.9 Å². The van der Waals surface area contributed by atoms with Crippen LogP contribution in [0.5, 0.6) is 5.75 Å². The second-order valence-corrected chi connectivity index (χ2v) is 10.4. The van der Waals surface area contributed by atoms with E-state index in [9.17, 15) is 13.2 Å². The second kappa shape index (κ2) is 9.68. The topological polar surface area (TPSA) is 70.2 Å². The Balaban J connectivity index is 1.51. The Bertz CT molecular complexity index is 1080. The van der Waals surface area contributed by atoms with E-state index in [0.717, 1.165) is 24.9 Å². The van der Waals surface area contributed by atoms with Crippen LogP contribution in [-0.4, -0.2) is 69.9 Å². The Kier molecular flexibility index (Phi) is 6.93. The maximum Gasteiger partial charge on any atom is 0.254 e. The van der Waals surface area contributed by atoms with Crippen molar-refractivity contribution in [2.75, 3.05) is 51.3 Å². The third-order valence-corrected chi connectivity index (χ3v) is 8.24. The largest absolute Gasteiger partial charge is 0.495 e. The number of rotatable bonds is 5. The van der Waals surface area contributed by atoms with Crippen LogP contribution in [0.25, 0.3) is 0 Å². The first-order valence-corrected chi connectivity index (χ1v) is 12.7. The van der Waals surface area contributed by atoms with Crippen LogP contribution in [0.2, 0.25) is 5.02 Å². The minimum Gasteiger partial charge on any atom is -0.495 e. The van der Waals surface area contributed by atoms with E-state index < -0.39 is 10.0 Å². The highest BCUT2D eigenvalue weighted by Gasteiger charge is 2.31. The number of halogens is 1. The van der Waals surface area contributed by atoms with Crippen molar-refractivity contribution in [3.8, 4) is 5.75 Å². The lowest BCUT2D eigenvalue weighted by Gasteiger charge is -2.36. The highest BCUT2D eigenvalue weighted by Crippen LogP contribution is 2.30. The van der Waals surface area contributed by atoms with Crippen molar-refractivity contribution in [3.63, 3.8) is 0 Å². The van der Waals surface area contributed by atoms with Crippen LogP contribution in [0.1, 0.15) is 29.6 Å². The Morgan fingerprint density at radius 1 is 0.938 bits per heavy atom. The van der Waals surface area contributed by atoms with Crippen LogP contribution in [0, 0.1) is 0 Å². The zero-order valence-corrected chi connectivity index (χ0v) is 19.7. The molecule has 2 saturated heterocycles. The van der Waals surface area contributed by atoms with Gasteiger partial charge in [-0.2, -0.15) is 4.31 Å². The number of piperidine rings is 1. The zero-order valence-electron chi connectivity index (χ0n) is 18.2. The molecule has 1 amide bonds. The van der Waals surface area contributed by atoms with Crippen molar-refractivity contribution >= 4 is 33.2 Å². The first-order chi connectivity index (χ1) is 15.4. The lowest BCUT2D eigenvalue weighted by molar-refractivity contribution is 0.0746. The molecule has 2 fully saturated rings. The number of hydrogen-bond donors (Lipinski definition) is 0. The smallest absolute Gasteiger partial charge is 0.254 e. The van der Waals surface area contributed by atoms with Gasteiger partial charge in [0.05, 0.1) is 7.11 Å². The first kappa shape index (κ1) is 22.9. The average molecular weight is 478 g/mol. The number of ether oxygens (including phenoxy) is 1. The summed E-state index contributed by atoms with van der Waals surface area (Å²) in [6, 6.07) is 12.4. The van der Waals surface area contributed by atoms with Gasteiger partial charge in [-0.25, -0.2) is 8.42 Å². The second-order valence-electron chi connectivity index (χ2n) is 8.09. The van der Waals surface area contributed by atoms with Crippen molar-refractivity contribution in [2.45, 2.75) is 24.2 Å². The molecule has 172 valence electrons. The normalized spacial score (nSPS) is 17.9. The number of piperazine rings is 1. The highest BCUT2D eigenvalue weighted by atomic mass is 35.5. The molecule has 0 spiro atoms. The standard InChI is InChI=1S/C23H28ClN3O4S/c1-31-21-9-8-18(16-22(21)32(29,30)27-10-3-2-4-11-27)23(28)26-14-12-25(13-15-26)20-7-5-6-19(24)17-20/h5-9,16-17H,2-4,10-15H2,1H3. The van der Waals surface area contributed by atoms with Crippen LogP contribution < -0.4 is 9.64 Å². The molecule has 0 unspecified atom stereocenters. The van der Waals surface area contributed by atoms with E-state index in [-0.39, 0.29) is 16.6 Å². The van der Waals surface area contributed by atoms with Crippen molar-refractivity contribution in [1.29, 1.82) is 0 Å². The van der Waals surface area contributed by atoms with Gasteiger partial charge < -0.3 is 14.5 Å². The summed E-state index contributed by atoms with van der Waals surface area (Å²) >= 11 is 6.10. The third kappa shape index (κ3) is 4.72. The van der Waals surface area contributed by atoms with Crippen molar-refractivity contribution in [1.82, 2.24) is 9.21 Å². The highest BCUT2D eigenvalue weighted by molar-refractivity contribution is 7.89. The Morgan fingerprint density at radius 2 is 1.66 bits per heavy atom. The van der Waals surface area contributed by atoms with E-state index in [1.807, 2.05) is 24.3 Å². The predicted octanol–water partition coefficient (Wildman–Crippen LogP) is 3.49. The fourth-order valence-corrected chi connectivity index (χ4v) is 6.16. The van der Waals surface area contributed by atoms with E-state index in [1.54, 1.807) is 17.0 Å². The van der Waals surface area contributed by atoms with Gasteiger partial charge in [0.1, 0.15) is 10.6 Å². The SMILES string of the molecule is COc1ccc(C(=O)N2CCN(c3cccc(Cl)c3)CC2)cc1S(=O)(=O)N1CCCCC1. The van der Waals surface area contributed by atoms with Crippen LogP contribution in [-0.2, 0) is 10.0 Å². The molecule has 0 radical (unpaired) electrons. The number of hydrogen-bond acceptors (Lipinski definition) is 5. The molecule has 2 aromatic rings. The molecule has 2 aliphatic heterocycles. The van der Waals surface area contributed by atoms with Gasteiger partial charge in [0.25, 0.3) is 5.91 Å². The Labute approximate surface area is 194 Å². The van der Waals surface area contributed by atoms with Crippen molar-refractivity contribution in [3.05, 3.63) is 53.1 Å². The number of anilines is 1.